The van der Waals surface area contributed by atoms with E-state index in [-0.39, 0.29) is 30.8 Å². The maximum atomic E-state index is 12.5. The molecule has 35 heavy (non-hydrogen) atoms. The number of hydrogen-bond acceptors (Lipinski definition) is 8. The molecule has 0 amide bonds. The lowest BCUT2D eigenvalue weighted by Crippen LogP contribution is -2.52. The Morgan fingerprint density at radius 3 is 1.91 bits per heavy atom. The molecule has 9 nitrogen and oxygen atoms in total. The minimum atomic E-state index is -1.76. The number of aliphatic carboxylic acids is 1. The van der Waals surface area contributed by atoms with Crippen molar-refractivity contribution in [3.05, 3.63) is 23.8 Å². The molecule has 0 bridgehead atoms. The molecule has 0 radical (unpaired) electrons. The molecule has 9 heteroatoms. The second kappa shape index (κ2) is 11.7. The second-order valence-corrected chi connectivity index (χ2v) is 11.0. The van der Waals surface area contributed by atoms with Crippen LogP contribution in [-0.4, -0.2) is 40.6 Å². The quantitative estimate of drug-likeness (QED) is 0.365. The molecule has 1 rings (SSSR count). The van der Waals surface area contributed by atoms with E-state index in [1.165, 1.54) is 12.1 Å². The highest BCUT2D eigenvalue weighted by atomic mass is 16.6. The van der Waals surface area contributed by atoms with Gasteiger partial charge in [0.25, 0.3) is 0 Å². The molecular formula is C26H39NO8. The molecule has 0 aliphatic rings. The number of ether oxygens (including phenoxy) is 3. The standard InChI is InChI=1S/C26H39NO8/c1-9-10-20(28)33-16(2)14-26(27,21(29)30)15-17-11-12-18(34-22(31)24(3,4)5)19(13-17)35-23(32)25(6,7)8/h11-13,16H,9-10,14-15,27H2,1-8H3,(H,29,30)/t16-,26?/m0/s1. The van der Waals surface area contributed by atoms with Crippen LogP contribution >= 0.6 is 0 Å². The van der Waals surface area contributed by atoms with Crippen LogP contribution in [0, 0.1) is 10.8 Å². The molecule has 0 saturated carbocycles. The van der Waals surface area contributed by atoms with Crippen molar-refractivity contribution in [3.63, 3.8) is 0 Å². The SMILES string of the molecule is CCCC(=O)O[C@@H](C)CC(N)(Cc1ccc(OC(=O)C(C)(C)C)c(OC(=O)C(C)(C)C)c1)C(=O)O. The molecule has 3 N–H and O–H groups in total. The van der Waals surface area contributed by atoms with Gasteiger partial charge < -0.3 is 25.1 Å². The van der Waals surface area contributed by atoms with E-state index in [2.05, 4.69) is 0 Å². The molecular weight excluding hydrogens is 454 g/mol. The molecule has 0 aliphatic carbocycles. The third-order valence-corrected chi connectivity index (χ3v) is 5.02. The highest BCUT2D eigenvalue weighted by Gasteiger charge is 2.37. The first-order valence-corrected chi connectivity index (χ1v) is 11.7. The van der Waals surface area contributed by atoms with Crippen LogP contribution in [0.3, 0.4) is 0 Å². The first-order chi connectivity index (χ1) is 15.9. The highest BCUT2D eigenvalue weighted by Crippen LogP contribution is 2.34. The Hall–Kier alpha value is -2.94. The smallest absolute Gasteiger partial charge is 0.324 e. The Morgan fingerprint density at radius 1 is 0.943 bits per heavy atom. The number of hydrogen-bond donors (Lipinski definition) is 2. The van der Waals surface area contributed by atoms with Gasteiger partial charge in [0.2, 0.25) is 0 Å². The summed E-state index contributed by atoms with van der Waals surface area (Å²) in [7, 11) is 0. The number of carbonyl (C=O) groups excluding carboxylic acids is 3. The Balaban J connectivity index is 3.29. The van der Waals surface area contributed by atoms with Gasteiger partial charge in [0.1, 0.15) is 11.6 Å². The van der Waals surface area contributed by atoms with Crippen LogP contribution in [0.5, 0.6) is 11.5 Å². The zero-order valence-corrected chi connectivity index (χ0v) is 22.0. The van der Waals surface area contributed by atoms with Crippen molar-refractivity contribution in [1.29, 1.82) is 0 Å². The number of carboxylic acid groups (broad SMARTS) is 1. The lowest BCUT2D eigenvalue weighted by Gasteiger charge is -2.28. The van der Waals surface area contributed by atoms with Crippen molar-refractivity contribution in [1.82, 2.24) is 0 Å². The van der Waals surface area contributed by atoms with Gasteiger partial charge in [0.05, 0.1) is 10.8 Å². The van der Waals surface area contributed by atoms with Crippen molar-refractivity contribution in [2.45, 2.75) is 92.7 Å². The minimum absolute atomic E-state index is 0.0183. The van der Waals surface area contributed by atoms with Crippen molar-refractivity contribution in [2.24, 2.45) is 16.6 Å². The number of rotatable bonds is 10. The van der Waals surface area contributed by atoms with Gasteiger partial charge in [-0.15, -0.1) is 0 Å². The predicted molar refractivity (Wildman–Crippen MR) is 130 cm³/mol. The molecule has 1 aromatic carbocycles. The first kappa shape index (κ1) is 30.1. The van der Waals surface area contributed by atoms with E-state index < -0.39 is 46.4 Å². The highest BCUT2D eigenvalue weighted by molar-refractivity contribution is 5.82. The van der Waals surface area contributed by atoms with Crippen molar-refractivity contribution >= 4 is 23.9 Å². The summed E-state index contributed by atoms with van der Waals surface area (Å²) in [4.78, 5) is 48.8. The van der Waals surface area contributed by atoms with Crippen LogP contribution in [0.25, 0.3) is 0 Å². The summed E-state index contributed by atoms with van der Waals surface area (Å²) >= 11 is 0. The molecule has 0 aromatic heterocycles. The molecule has 0 aliphatic heterocycles. The van der Waals surface area contributed by atoms with Gasteiger partial charge in [-0.05, 0) is 72.6 Å². The Morgan fingerprint density at radius 2 is 1.46 bits per heavy atom. The summed E-state index contributed by atoms with van der Waals surface area (Å²) in [5.74, 6) is -2.76. The number of benzene rings is 1. The summed E-state index contributed by atoms with van der Waals surface area (Å²) in [5, 5.41) is 9.84. The Labute approximate surface area is 207 Å². The number of esters is 3. The minimum Gasteiger partial charge on any atom is -0.480 e. The van der Waals surface area contributed by atoms with Crippen LogP contribution in [0.15, 0.2) is 18.2 Å². The van der Waals surface area contributed by atoms with Crippen molar-refractivity contribution < 1.29 is 38.5 Å². The van der Waals surface area contributed by atoms with Gasteiger partial charge >= 0.3 is 23.9 Å². The van der Waals surface area contributed by atoms with E-state index in [4.69, 9.17) is 19.9 Å². The third kappa shape index (κ3) is 9.32. The second-order valence-electron chi connectivity index (χ2n) is 11.0. The molecule has 2 atom stereocenters. The maximum absolute atomic E-state index is 12.5. The molecule has 196 valence electrons. The maximum Gasteiger partial charge on any atom is 0.324 e. The van der Waals surface area contributed by atoms with Crippen LogP contribution in [0.4, 0.5) is 0 Å². The van der Waals surface area contributed by atoms with Crippen molar-refractivity contribution in [2.75, 3.05) is 0 Å². The Bertz CT molecular complexity index is 942. The summed E-state index contributed by atoms with van der Waals surface area (Å²) in [6, 6.07) is 4.43. The van der Waals surface area contributed by atoms with E-state index in [1.54, 1.807) is 54.5 Å². The van der Waals surface area contributed by atoms with E-state index in [9.17, 15) is 24.3 Å². The third-order valence-electron chi connectivity index (χ3n) is 5.02. The first-order valence-electron chi connectivity index (χ1n) is 11.7. The zero-order chi connectivity index (χ0) is 27.2. The van der Waals surface area contributed by atoms with Crippen LogP contribution in [0.1, 0.15) is 80.2 Å². The largest absolute Gasteiger partial charge is 0.480 e. The van der Waals surface area contributed by atoms with Gasteiger partial charge in [-0.2, -0.15) is 0 Å². The van der Waals surface area contributed by atoms with Crippen LogP contribution < -0.4 is 15.2 Å². The fourth-order valence-electron chi connectivity index (χ4n) is 2.97. The fraction of sp³-hybridized carbons (Fsp3) is 0.615. The number of carbonyl (C=O) groups is 4. The van der Waals surface area contributed by atoms with E-state index >= 15 is 0 Å². The molecule has 0 spiro atoms. The monoisotopic (exact) mass is 493 g/mol. The van der Waals surface area contributed by atoms with E-state index in [0.717, 1.165) is 0 Å². The molecule has 0 heterocycles. The predicted octanol–water partition coefficient (Wildman–Crippen LogP) is 4.04. The van der Waals surface area contributed by atoms with Gasteiger partial charge in [-0.3, -0.25) is 19.2 Å². The van der Waals surface area contributed by atoms with Crippen LogP contribution in [0.2, 0.25) is 0 Å². The molecule has 1 aromatic rings. The summed E-state index contributed by atoms with van der Waals surface area (Å²) < 4.78 is 16.3. The molecule has 1 unspecified atom stereocenters. The topological polar surface area (TPSA) is 142 Å². The van der Waals surface area contributed by atoms with Crippen molar-refractivity contribution in [3.8, 4) is 11.5 Å². The van der Waals surface area contributed by atoms with Gasteiger partial charge in [0, 0.05) is 19.3 Å². The zero-order valence-electron chi connectivity index (χ0n) is 22.0. The lowest BCUT2D eigenvalue weighted by atomic mass is 9.86. The summed E-state index contributed by atoms with van der Waals surface area (Å²) in [6.07, 6.45) is -0.158. The average molecular weight is 494 g/mol. The van der Waals surface area contributed by atoms with Gasteiger partial charge in [0.15, 0.2) is 11.5 Å². The number of carboxylic acids is 1. The average Bonchev–Trinajstić information content (AvgIpc) is 2.68. The normalized spacial score (nSPS) is 14.4. The van der Waals surface area contributed by atoms with Gasteiger partial charge in [-0.25, -0.2) is 0 Å². The number of nitrogens with two attached hydrogens (primary N) is 1. The van der Waals surface area contributed by atoms with E-state index in [0.29, 0.717) is 12.0 Å². The summed E-state index contributed by atoms with van der Waals surface area (Å²) in [6.45, 7) is 13.5. The van der Waals surface area contributed by atoms with Gasteiger partial charge in [-0.1, -0.05) is 13.0 Å². The van der Waals surface area contributed by atoms with E-state index in [1.807, 2.05) is 6.92 Å². The summed E-state index contributed by atoms with van der Waals surface area (Å²) in [5.41, 5.74) is 3.28. The molecule has 0 fully saturated rings. The molecule has 0 saturated heterocycles. The van der Waals surface area contributed by atoms with Crippen LogP contribution in [-0.2, 0) is 30.3 Å². The lowest BCUT2D eigenvalue weighted by molar-refractivity contribution is -0.153. The Kier molecular flexibility index (Phi) is 10.0. The fourth-order valence-corrected chi connectivity index (χ4v) is 2.97.